The molecule has 5 heteroatoms. The molecule has 0 bridgehead atoms. The third-order valence-corrected chi connectivity index (χ3v) is 5.38. The highest BCUT2D eigenvalue weighted by Gasteiger charge is 2.45. The Kier molecular flexibility index (Phi) is 3.87. The maximum atomic E-state index is 12.9. The highest BCUT2D eigenvalue weighted by molar-refractivity contribution is 5.81. The molecule has 124 valence electrons. The molecule has 3 aliphatic rings. The van der Waals surface area contributed by atoms with Gasteiger partial charge in [-0.1, -0.05) is 24.3 Å². The van der Waals surface area contributed by atoms with Crippen molar-refractivity contribution in [3.05, 3.63) is 35.4 Å². The predicted molar refractivity (Wildman–Crippen MR) is 85.9 cm³/mol. The van der Waals surface area contributed by atoms with Gasteiger partial charge in [0.15, 0.2) is 5.79 Å². The fourth-order valence-corrected chi connectivity index (χ4v) is 3.95. The molecule has 0 saturated carbocycles. The van der Waals surface area contributed by atoms with Gasteiger partial charge in [0.05, 0.1) is 25.8 Å². The van der Waals surface area contributed by atoms with Crippen molar-refractivity contribution in [3.8, 4) is 0 Å². The van der Waals surface area contributed by atoms with Crippen LogP contribution in [0.25, 0.3) is 0 Å². The normalized spacial score (nSPS) is 24.8. The SMILES string of the molecule is C[C@@H](C(=O)N1CCc2ccccc2C1)N1CCC2(C1)OCCO2. The molecule has 0 unspecified atom stereocenters. The number of benzene rings is 1. The van der Waals surface area contributed by atoms with Crippen molar-refractivity contribution in [2.24, 2.45) is 0 Å². The molecule has 5 nitrogen and oxygen atoms in total. The number of hydrogen-bond donors (Lipinski definition) is 0. The van der Waals surface area contributed by atoms with Gasteiger partial charge in [-0.3, -0.25) is 9.69 Å². The summed E-state index contributed by atoms with van der Waals surface area (Å²) in [7, 11) is 0. The average Bonchev–Trinajstić information content (AvgIpc) is 3.23. The molecule has 0 radical (unpaired) electrons. The predicted octanol–water partition coefficient (Wildman–Crippen LogP) is 1.41. The van der Waals surface area contributed by atoms with Crippen LogP contribution in [0.3, 0.4) is 0 Å². The van der Waals surface area contributed by atoms with E-state index in [9.17, 15) is 4.79 Å². The minimum absolute atomic E-state index is 0.118. The molecule has 1 spiro atoms. The van der Waals surface area contributed by atoms with Crippen molar-refractivity contribution in [1.82, 2.24) is 9.80 Å². The maximum absolute atomic E-state index is 12.9. The van der Waals surface area contributed by atoms with E-state index in [0.29, 0.717) is 19.8 Å². The van der Waals surface area contributed by atoms with Crippen LogP contribution in [0.1, 0.15) is 24.5 Å². The Balaban J connectivity index is 1.41. The Hall–Kier alpha value is -1.43. The van der Waals surface area contributed by atoms with Crippen LogP contribution in [-0.4, -0.2) is 60.4 Å². The van der Waals surface area contributed by atoms with Crippen molar-refractivity contribution < 1.29 is 14.3 Å². The number of rotatable bonds is 2. The first-order chi connectivity index (χ1) is 11.2. The van der Waals surface area contributed by atoms with Crippen LogP contribution in [-0.2, 0) is 27.2 Å². The largest absolute Gasteiger partial charge is 0.346 e. The smallest absolute Gasteiger partial charge is 0.239 e. The number of ether oxygens (including phenoxy) is 2. The molecule has 23 heavy (non-hydrogen) atoms. The molecule has 2 fully saturated rings. The third kappa shape index (κ3) is 2.77. The molecule has 0 N–H and O–H groups in total. The topological polar surface area (TPSA) is 42.0 Å². The van der Waals surface area contributed by atoms with Crippen LogP contribution in [0.2, 0.25) is 0 Å². The fourth-order valence-electron chi connectivity index (χ4n) is 3.95. The van der Waals surface area contributed by atoms with Crippen molar-refractivity contribution in [2.75, 3.05) is 32.8 Å². The lowest BCUT2D eigenvalue weighted by molar-refractivity contribution is -0.150. The van der Waals surface area contributed by atoms with E-state index >= 15 is 0 Å². The summed E-state index contributed by atoms with van der Waals surface area (Å²) in [4.78, 5) is 17.1. The zero-order chi connectivity index (χ0) is 15.9. The van der Waals surface area contributed by atoms with Gasteiger partial charge in [0.1, 0.15) is 0 Å². The molecule has 1 aromatic carbocycles. The molecule has 1 atom stereocenters. The first kappa shape index (κ1) is 15.1. The van der Waals surface area contributed by atoms with Crippen LogP contribution in [0.4, 0.5) is 0 Å². The van der Waals surface area contributed by atoms with Gasteiger partial charge in [-0.15, -0.1) is 0 Å². The maximum Gasteiger partial charge on any atom is 0.239 e. The van der Waals surface area contributed by atoms with Gasteiger partial charge >= 0.3 is 0 Å². The van der Waals surface area contributed by atoms with E-state index in [1.165, 1.54) is 11.1 Å². The second-order valence-electron chi connectivity index (χ2n) is 6.78. The lowest BCUT2D eigenvalue weighted by Gasteiger charge is -2.34. The molecule has 1 aromatic rings. The van der Waals surface area contributed by atoms with Crippen molar-refractivity contribution in [2.45, 2.75) is 38.1 Å². The summed E-state index contributed by atoms with van der Waals surface area (Å²) >= 11 is 0. The number of carbonyl (C=O) groups excluding carboxylic acids is 1. The van der Waals surface area contributed by atoms with E-state index in [0.717, 1.165) is 32.5 Å². The minimum atomic E-state index is -0.455. The average molecular weight is 316 g/mol. The van der Waals surface area contributed by atoms with Crippen LogP contribution < -0.4 is 0 Å². The molecule has 0 aromatic heterocycles. The van der Waals surface area contributed by atoms with Crippen LogP contribution >= 0.6 is 0 Å². The minimum Gasteiger partial charge on any atom is -0.346 e. The van der Waals surface area contributed by atoms with Crippen LogP contribution in [0.15, 0.2) is 24.3 Å². The summed E-state index contributed by atoms with van der Waals surface area (Å²) in [6.45, 7) is 6.44. The summed E-state index contributed by atoms with van der Waals surface area (Å²) in [5.41, 5.74) is 2.65. The molecule has 3 heterocycles. The molecule has 2 saturated heterocycles. The highest BCUT2D eigenvalue weighted by atomic mass is 16.7. The summed E-state index contributed by atoms with van der Waals surface area (Å²) in [5, 5.41) is 0. The summed E-state index contributed by atoms with van der Waals surface area (Å²) in [5.74, 6) is -0.238. The van der Waals surface area contributed by atoms with E-state index in [1.54, 1.807) is 0 Å². The van der Waals surface area contributed by atoms with Crippen molar-refractivity contribution in [1.29, 1.82) is 0 Å². The van der Waals surface area contributed by atoms with Crippen molar-refractivity contribution in [3.63, 3.8) is 0 Å². The first-order valence-electron chi connectivity index (χ1n) is 8.54. The fraction of sp³-hybridized carbons (Fsp3) is 0.611. The van der Waals surface area contributed by atoms with Gasteiger partial charge in [0.25, 0.3) is 0 Å². The second kappa shape index (κ2) is 5.89. The third-order valence-electron chi connectivity index (χ3n) is 5.38. The van der Waals surface area contributed by atoms with Gasteiger partial charge in [0.2, 0.25) is 5.91 Å². The Bertz CT molecular complexity index is 598. The lowest BCUT2D eigenvalue weighted by atomic mass is 9.99. The lowest BCUT2D eigenvalue weighted by Crippen LogP contribution is -2.49. The number of likely N-dealkylation sites (tertiary alicyclic amines) is 1. The highest BCUT2D eigenvalue weighted by Crippen LogP contribution is 2.32. The van der Waals surface area contributed by atoms with E-state index in [1.807, 2.05) is 11.8 Å². The standard InChI is InChI=1S/C18H24N2O3/c1-14(20-9-7-18(13-20)22-10-11-23-18)17(21)19-8-6-15-4-2-3-5-16(15)12-19/h2-5,14H,6-13H2,1H3/t14-/m0/s1. The molecular formula is C18H24N2O3. The van der Waals surface area contributed by atoms with E-state index in [4.69, 9.17) is 9.47 Å². The Labute approximate surface area is 137 Å². The monoisotopic (exact) mass is 316 g/mol. The van der Waals surface area contributed by atoms with Gasteiger partial charge in [-0.05, 0) is 24.5 Å². The number of fused-ring (bicyclic) bond motifs is 1. The Morgan fingerprint density at radius 2 is 1.91 bits per heavy atom. The first-order valence-corrected chi connectivity index (χ1v) is 8.54. The Morgan fingerprint density at radius 1 is 1.17 bits per heavy atom. The van der Waals surface area contributed by atoms with Crippen molar-refractivity contribution >= 4 is 5.91 Å². The van der Waals surface area contributed by atoms with Gasteiger partial charge in [-0.25, -0.2) is 0 Å². The van der Waals surface area contributed by atoms with Crippen LogP contribution in [0.5, 0.6) is 0 Å². The van der Waals surface area contributed by atoms with Gasteiger partial charge in [0, 0.05) is 26.1 Å². The number of amides is 1. The quantitative estimate of drug-likeness (QED) is 0.827. The molecule has 4 rings (SSSR count). The zero-order valence-electron chi connectivity index (χ0n) is 13.7. The summed E-state index contributed by atoms with van der Waals surface area (Å²) in [6, 6.07) is 8.30. The molecular weight excluding hydrogens is 292 g/mol. The van der Waals surface area contributed by atoms with E-state index < -0.39 is 5.79 Å². The number of carbonyl (C=O) groups is 1. The second-order valence-corrected chi connectivity index (χ2v) is 6.78. The molecule has 1 amide bonds. The summed E-state index contributed by atoms with van der Waals surface area (Å²) < 4.78 is 11.5. The van der Waals surface area contributed by atoms with Crippen LogP contribution in [0, 0.1) is 0 Å². The zero-order valence-corrected chi connectivity index (χ0v) is 13.7. The number of nitrogens with zero attached hydrogens (tertiary/aromatic N) is 2. The Morgan fingerprint density at radius 3 is 2.70 bits per heavy atom. The summed E-state index contributed by atoms with van der Waals surface area (Å²) in [6.07, 6.45) is 1.80. The van der Waals surface area contributed by atoms with Gasteiger partial charge in [-0.2, -0.15) is 0 Å². The van der Waals surface area contributed by atoms with E-state index in [-0.39, 0.29) is 11.9 Å². The van der Waals surface area contributed by atoms with Gasteiger partial charge < -0.3 is 14.4 Å². The van der Waals surface area contributed by atoms with E-state index in [2.05, 4.69) is 29.2 Å². The number of hydrogen-bond acceptors (Lipinski definition) is 4. The molecule has 3 aliphatic heterocycles. The molecule has 0 aliphatic carbocycles.